The molecule has 0 heterocycles. The summed E-state index contributed by atoms with van der Waals surface area (Å²) in [6.45, 7) is 11.9. The van der Waals surface area contributed by atoms with Crippen LogP contribution in [0.2, 0.25) is 0 Å². The van der Waals surface area contributed by atoms with Crippen molar-refractivity contribution in [2.45, 2.75) is 46.5 Å². The van der Waals surface area contributed by atoms with E-state index in [0.717, 1.165) is 32.2 Å². The predicted molar refractivity (Wildman–Crippen MR) is 74.3 cm³/mol. The second-order valence-electron chi connectivity index (χ2n) is 5.63. The Balaban J connectivity index is 3.93. The van der Waals surface area contributed by atoms with Crippen LogP contribution in [0.3, 0.4) is 0 Å². The van der Waals surface area contributed by atoms with Gasteiger partial charge in [-0.3, -0.25) is 4.99 Å². The quantitative estimate of drug-likeness (QED) is 0.520. The molecule has 0 aromatic rings. The topological polar surface area (TPSA) is 24.4 Å². The van der Waals surface area contributed by atoms with Crippen LogP contribution >= 0.6 is 0 Å². The highest BCUT2D eigenvalue weighted by Gasteiger charge is 2.13. The lowest BCUT2D eigenvalue weighted by Gasteiger charge is -2.19. The summed E-state index contributed by atoms with van der Waals surface area (Å²) in [5.41, 5.74) is 2.98. The average molecular weight is 224 g/mol. The van der Waals surface area contributed by atoms with Crippen molar-refractivity contribution < 1.29 is 0 Å². The summed E-state index contributed by atoms with van der Waals surface area (Å²) in [6, 6.07) is 0. The van der Waals surface area contributed by atoms with Crippen molar-refractivity contribution in [2.24, 2.45) is 10.4 Å². The van der Waals surface area contributed by atoms with Crippen LogP contribution in [0.25, 0.3) is 0 Å². The molecule has 0 unspecified atom stereocenters. The molecule has 0 saturated heterocycles. The Hall–Kier alpha value is -0.630. The Bertz CT molecular complexity index is 234. The molecule has 0 fully saturated rings. The highest BCUT2D eigenvalue weighted by atomic mass is 14.8. The Morgan fingerprint density at radius 1 is 1.19 bits per heavy atom. The maximum atomic E-state index is 4.39. The highest BCUT2D eigenvalue weighted by molar-refractivity contribution is 5.85. The molecule has 1 N–H and O–H groups in total. The van der Waals surface area contributed by atoms with Crippen molar-refractivity contribution in [3.63, 3.8) is 0 Å². The molecule has 0 aromatic heterocycles. The summed E-state index contributed by atoms with van der Waals surface area (Å²) in [4.78, 5) is 4.39. The van der Waals surface area contributed by atoms with Gasteiger partial charge >= 0.3 is 0 Å². The molecule has 0 spiro atoms. The summed E-state index contributed by atoms with van der Waals surface area (Å²) >= 11 is 0. The van der Waals surface area contributed by atoms with Crippen LogP contribution in [0.5, 0.6) is 0 Å². The first kappa shape index (κ1) is 15.4. The van der Waals surface area contributed by atoms with E-state index in [1.807, 2.05) is 14.1 Å². The highest BCUT2D eigenvalue weighted by Crippen LogP contribution is 2.21. The number of hydrogen-bond donors (Lipinski definition) is 1. The SMILES string of the molecule is C=C(CCNC)CC/C(CC(C)(C)C)=N\C. The van der Waals surface area contributed by atoms with E-state index in [1.165, 1.54) is 11.3 Å². The number of aliphatic imine (C=N–C) groups is 1. The van der Waals surface area contributed by atoms with Gasteiger partial charge in [0.05, 0.1) is 0 Å². The van der Waals surface area contributed by atoms with Crippen LogP contribution in [0.15, 0.2) is 17.1 Å². The van der Waals surface area contributed by atoms with Crippen LogP contribution in [0, 0.1) is 5.41 Å². The van der Waals surface area contributed by atoms with Crippen molar-refractivity contribution in [3.05, 3.63) is 12.2 Å². The second kappa shape index (κ2) is 7.61. The van der Waals surface area contributed by atoms with Gasteiger partial charge in [0.1, 0.15) is 0 Å². The van der Waals surface area contributed by atoms with Gasteiger partial charge in [0.15, 0.2) is 0 Å². The Morgan fingerprint density at radius 2 is 1.81 bits per heavy atom. The minimum Gasteiger partial charge on any atom is -0.319 e. The number of hydrogen-bond acceptors (Lipinski definition) is 2. The van der Waals surface area contributed by atoms with E-state index in [0.29, 0.717) is 5.41 Å². The lowest BCUT2D eigenvalue weighted by molar-refractivity contribution is 0.431. The molecular weight excluding hydrogens is 196 g/mol. The first-order valence-corrected chi connectivity index (χ1v) is 6.15. The molecule has 0 atom stereocenters. The van der Waals surface area contributed by atoms with Crippen LogP contribution < -0.4 is 5.32 Å². The van der Waals surface area contributed by atoms with Crippen molar-refractivity contribution in [1.29, 1.82) is 0 Å². The molecule has 94 valence electrons. The molecule has 0 aliphatic carbocycles. The molecule has 0 aromatic carbocycles. The zero-order chi connectivity index (χ0) is 12.6. The summed E-state index contributed by atoms with van der Waals surface area (Å²) in [5.74, 6) is 0. The molecule has 16 heavy (non-hydrogen) atoms. The van der Waals surface area contributed by atoms with Gasteiger partial charge in [-0.15, -0.1) is 0 Å². The van der Waals surface area contributed by atoms with Gasteiger partial charge in [0.25, 0.3) is 0 Å². The molecule has 0 saturated carbocycles. The molecule has 0 amide bonds. The third kappa shape index (κ3) is 8.66. The van der Waals surface area contributed by atoms with Crippen LogP contribution in [-0.4, -0.2) is 26.4 Å². The fourth-order valence-electron chi connectivity index (χ4n) is 1.64. The summed E-state index contributed by atoms with van der Waals surface area (Å²) < 4.78 is 0. The zero-order valence-corrected chi connectivity index (χ0v) is 11.7. The van der Waals surface area contributed by atoms with Crippen molar-refractivity contribution >= 4 is 5.71 Å². The third-order valence-electron chi connectivity index (χ3n) is 2.55. The standard InChI is InChI=1S/C14H28N2/c1-12(9-10-15-5)7-8-13(16-6)11-14(2,3)4/h15H,1,7-11H2,2-6H3/b16-13+. The van der Waals surface area contributed by atoms with E-state index < -0.39 is 0 Å². The van der Waals surface area contributed by atoms with E-state index in [9.17, 15) is 0 Å². The molecule has 2 heteroatoms. The van der Waals surface area contributed by atoms with Crippen molar-refractivity contribution in [2.75, 3.05) is 20.6 Å². The van der Waals surface area contributed by atoms with Crippen LogP contribution in [0.1, 0.15) is 46.5 Å². The van der Waals surface area contributed by atoms with Crippen molar-refractivity contribution in [1.82, 2.24) is 5.32 Å². The van der Waals surface area contributed by atoms with E-state index in [4.69, 9.17) is 0 Å². The minimum atomic E-state index is 0.334. The summed E-state index contributed by atoms with van der Waals surface area (Å²) in [5, 5.41) is 3.15. The van der Waals surface area contributed by atoms with Crippen LogP contribution in [-0.2, 0) is 0 Å². The zero-order valence-electron chi connectivity index (χ0n) is 11.7. The first-order chi connectivity index (χ1) is 7.39. The van der Waals surface area contributed by atoms with E-state index in [1.54, 1.807) is 0 Å². The fourth-order valence-corrected chi connectivity index (χ4v) is 1.64. The van der Waals surface area contributed by atoms with Gasteiger partial charge in [-0.2, -0.15) is 0 Å². The minimum absolute atomic E-state index is 0.334. The molecule has 0 radical (unpaired) electrons. The lowest BCUT2D eigenvalue weighted by Crippen LogP contribution is -2.13. The maximum Gasteiger partial charge on any atom is 0.0276 e. The van der Waals surface area contributed by atoms with E-state index in [-0.39, 0.29) is 0 Å². The fraction of sp³-hybridized carbons (Fsp3) is 0.786. The van der Waals surface area contributed by atoms with E-state index in [2.05, 4.69) is 37.7 Å². The molecule has 0 rings (SSSR count). The summed E-state index contributed by atoms with van der Waals surface area (Å²) in [6.07, 6.45) is 4.30. The van der Waals surface area contributed by atoms with E-state index >= 15 is 0 Å². The van der Waals surface area contributed by atoms with Crippen LogP contribution in [0.4, 0.5) is 0 Å². The number of nitrogens with one attached hydrogen (secondary N) is 1. The molecule has 2 nitrogen and oxygen atoms in total. The molecule has 0 aliphatic rings. The molecular formula is C14H28N2. The number of nitrogens with zero attached hydrogens (tertiary/aromatic N) is 1. The Kier molecular flexibility index (Phi) is 7.31. The Morgan fingerprint density at radius 3 is 2.25 bits per heavy atom. The normalized spacial score (nSPS) is 12.9. The monoisotopic (exact) mass is 224 g/mol. The largest absolute Gasteiger partial charge is 0.319 e. The lowest BCUT2D eigenvalue weighted by atomic mass is 9.87. The van der Waals surface area contributed by atoms with Gasteiger partial charge in [0, 0.05) is 12.8 Å². The Labute approximate surface area is 101 Å². The van der Waals surface area contributed by atoms with Gasteiger partial charge in [-0.05, 0) is 44.7 Å². The van der Waals surface area contributed by atoms with Gasteiger partial charge < -0.3 is 5.32 Å². The number of rotatable bonds is 7. The predicted octanol–water partition coefficient (Wildman–Crippen LogP) is 3.44. The third-order valence-corrected chi connectivity index (χ3v) is 2.55. The van der Waals surface area contributed by atoms with Gasteiger partial charge in [-0.25, -0.2) is 0 Å². The first-order valence-electron chi connectivity index (χ1n) is 6.15. The van der Waals surface area contributed by atoms with Crippen molar-refractivity contribution in [3.8, 4) is 0 Å². The maximum absolute atomic E-state index is 4.39. The molecule has 0 bridgehead atoms. The molecule has 0 aliphatic heterocycles. The smallest absolute Gasteiger partial charge is 0.0276 e. The van der Waals surface area contributed by atoms with Gasteiger partial charge in [-0.1, -0.05) is 32.9 Å². The average Bonchev–Trinajstić information content (AvgIpc) is 2.19. The van der Waals surface area contributed by atoms with Gasteiger partial charge in [0.2, 0.25) is 0 Å². The second-order valence-corrected chi connectivity index (χ2v) is 5.63. The summed E-state index contributed by atoms with van der Waals surface area (Å²) in [7, 11) is 3.88.